The fourth-order valence-corrected chi connectivity index (χ4v) is 0.447. The van der Waals surface area contributed by atoms with Crippen molar-refractivity contribution in [2.75, 3.05) is 6.61 Å². The van der Waals surface area contributed by atoms with E-state index < -0.39 is 10.4 Å². The summed E-state index contributed by atoms with van der Waals surface area (Å²) >= 11 is 0. The van der Waals surface area contributed by atoms with Gasteiger partial charge in [0.15, 0.2) is 0 Å². The molecule has 1 radical (unpaired) electrons. The van der Waals surface area contributed by atoms with Crippen molar-refractivity contribution in [2.45, 2.75) is 6.92 Å². The van der Waals surface area contributed by atoms with Gasteiger partial charge in [0.25, 0.3) is 0 Å². The maximum absolute atomic E-state index is 9.56. The smallest absolute Gasteiger partial charge is 0.264 e. The normalized spacial score (nSPS) is 10.2. The van der Waals surface area contributed by atoms with Crippen molar-refractivity contribution in [3.8, 4) is 0 Å². The van der Waals surface area contributed by atoms with E-state index in [2.05, 4.69) is 4.18 Å². The summed E-state index contributed by atoms with van der Waals surface area (Å²) < 4.78 is 30.7. The van der Waals surface area contributed by atoms with Gasteiger partial charge in [-0.25, -0.2) is 4.18 Å². The Bertz CT molecular complexity index is 127. The van der Waals surface area contributed by atoms with Gasteiger partial charge in [-0.2, -0.15) is 8.42 Å². The molecule has 4 nitrogen and oxygen atoms in total. The summed E-state index contributed by atoms with van der Waals surface area (Å²) in [4.78, 5) is 0. The summed E-state index contributed by atoms with van der Waals surface area (Å²) in [7, 11) is -4.17. The molecule has 0 aliphatic rings. The van der Waals surface area contributed by atoms with E-state index in [1.807, 2.05) is 0 Å². The summed E-state index contributed by atoms with van der Waals surface area (Å²) in [6.45, 7) is 1.44. The standard InChI is InChI=1S/C2H6O4S.K/c1-2-6-7(3,4)5;/h2H2,1H3,(H,3,4,5);. The van der Waals surface area contributed by atoms with Gasteiger partial charge in [-0.15, -0.1) is 0 Å². The first-order valence-corrected chi connectivity index (χ1v) is 3.04. The Morgan fingerprint density at radius 1 is 1.62 bits per heavy atom. The van der Waals surface area contributed by atoms with Crippen LogP contribution in [0.25, 0.3) is 0 Å². The van der Waals surface area contributed by atoms with Crippen molar-refractivity contribution in [2.24, 2.45) is 0 Å². The third kappa shape index (κ3) is 10.5. The van der Waals surface area contributed by atoms with Gasteiger partial charge in [0.05, 0.1) is 6.61 Å². The Labute approximate surface area is 91.0 Å². The van der Waals surface area contributed by atoms with Gasteiger partial charge in [-0.3, -0.25) is 4.55 Å². The number of rotatable bonds is 2. The summed E-state index contributed by atoms with van der Waals surface area (Å²) in [6, 6.07) is 0. The monoisotopic (exact) mass is 165 g/mol. The molecule has 0 saturated heterocycles. The van der Waals surface area contributed by atoms with Crippen molar-refractivity contribution >= 4 is 61.8 Å². The van der Waals surface area contributed by atoms with Crippen LogP contribution in [0.15, 0.2) is 0 Å². The number of hydrogen-bond acceptors (Lipinski definition) is 3. The van der Waals surface area contributed by atoms with Crippen LogP contribution in [0.3, 0.4) is 0 Å². The van der Waals surface area contributed by atoms with Crippen LogP contribution < -0.4 is 0 Å². The Kier molecular flexibility index (Phi) is 8.09. The second kappa shape index (κ2) is 5.30. The second-order valence-electron chi connectivity index (χ2n) is 0.834. The molecule has 0 heterocycles. The van der Waals surface area contributed by atoms with Gasteiger partial charge in [0.2, 0.25) is 0 Å². The van der Waals surface area contributed by atoms with Crippen LogP contribution >= 0.6 is 0 Å². The molecule has 0 amide bonds. The van der Waals surface area contributed by atoms with E-state index in [9.17, 15) is 8.42 Å². The molecule has 0 rings (SSSR count). The van der Waals surface area contributed by atoms with Crippen LogP contribution in [-0.4, -0.2) is 71.0 Å². The zero-order valence-corrected chi connectivity index (χ0v) is 8.73. The molecule has 1 N–H and O–H groups in total. The quantitative estimate of drug-likeness (QED) is 0.440. The first-order chi connectivity index (χ1) is 3.06. The average molecular weight is 165 g/mol. The summed E-state index contributed by atoms with van der Waals surface area (Å²) in [5, 5.41) is 0. The third-order valence-electron chi connectivity index (χ3n) is 0.267. The van der Waals surface area contributed by atoms with Crippen LogP contribution in [0.5, 0.6) is 0 Å². The van der Waals surface area contributed by atoms with Crippen molar-refractivity contribution in [3.63, 3.8) is 0 Å². The van der Waals surface area contributed by atoms with Crippen molar-refractivity contribution in [3.05, 3.63) is 0 Å². The Hall–Kier alpha value is 1.51. The maximum Gasteiger partial charge on any atom is 0.397 e. The van der Waals surface area contributed by atoms with Crippen molar-refractivity contribution < 1.29 is 17.2 Å². The molecule has 0 aromatic heterocycles. The van der Waals surface area contributed by atoms with Gasteiger partial charge in [0.1, 0.15) is 0 Å². The zero-order valence-electron chi connectivity index (χ0n) is 4.79. The van der Waals surface area contributed by atoms with Gasteiger partial charge in [-0.1, -0.05) is 0 Å². The molecule has 0 aromatic rings. The molecule has 0 saturated carbocycles. The van der Waals surface area contributed by atoms with Gasteiger partial charge >= 0.3 is 10.4 Å². The van der Waals surface area contributed by atoms with E-state index in [1.54, 1.807) is 0 Å². The SMILES string of the molecule is CCOS(=O)(=O)O.[K]. The van der Waals surface area contributed by atoms with E-state index in [0.29, 0.717) is 0 Å². The predicted octanol–water partition coefficient (Wildman–Crippen LogP) is -0.555. The molecule has 0 aromatic carbocycles. The van der Waals surface area contributed by atoms with Gasteiger partial charge < -0.3 is 0 Å². The van der Waals surface area contributed by atoms with E-state index in [0.717, 1.165) is 0 Å². The van der Waals surface area contributed by atoms with Crippen molar-refractivity contribution in [1.29, 1.82) is 0 Å². The van der Waals surface area contributed by atoms with Gasteiger partial charge in [-0.05, 0) is 6.92 Å². The number of hydrogen-bond donors (Lipinski definition) is 1. The summed E-state index contributed by atoms with van der Waals surface area (Å²) in [5.74, 6) is 0. The first kappa shape index (κ1) is 12.2. The van der Waals surface area contributed by atoms with E-state index >= 15 is 0 Å². The molecule has 0 bridgehead atoms. The molecule has 0 unspecified atom stereocenters. The first-order valence-electron chi connectivity index (χ1n) is 1.68. The topological polar surface area (TPSA) is 63.6 Å². The Balaban J connectivity index is 0. The maximum atomic E-state index is 9.56. The van der Waals surface area contributed by atoms with E-state index in [1.165, 1.54) is 6.92 Å². The molecule has 0 aliphatic heterocycles. The van der Waals surface area contributed by atoms with Crippen LogP contribution in [0.4, 0.5) is 0 Å². The molecule has 45 valence electrons. The summed E-state index contributed by atoms with van der Waals surface area (Å²) in [6.07, 6.45) is 0. The minimum absolute atomic E-state index is 0. The van der Waals surface area contributed by atoms with E-state index in [-0.39, 0.29) is 58.0 Å². The Morgan fingerprint density at radius 3 is 2.00 bits per heavy atom. The summed E-state index contributed by atoms with van der Waals surface area (Å²) in [5.41, 5.74) is 0. The van der Waals surface area contributed by atoms with E-state index in [4.69, 9.17) is 4.55 Å². The fraction of sp³-hybridized carbons (Fsp3) is 1.00. The molecule has 0 atom stereocenters. The molecular weight excluding hydrogens is 159 g/mol. The second-order valence-corrected chi connectivity index (χ2v) is 1.93. The zero-order chi connectivity index (χ0) is 5.91. The minimum Gasteiger partial charge on any atom is -0.264 e. The van der Waals surface area contributed by atoms with Crippen molar-refractivity contribution in [1.82, 2.24) is 0 Å². The third-order valence-corrected chi connectivity index (χ3v) is 0.800. The van der Waals surface area contributed by atoms with Crippen LogP contribution in [0.2, 0.25) is 0 Å². The minimum atomic E-state index is -4.17. The van der Waals surface area contributed by atoms with Gasteiger partial charge in [0, 0.05) is 51.4 Å². The largest absolute Gasteiger partial charge is 0.397 e. The fourth-order valence-electron chi connectivity index (χ4n) is 0.149. The van der Waals surface area contributed by atoms with Crippen LogP contribution in [0, 0.1) is 0 Å². The van der Waals surface area contributed by atoms with Crippen LogP contribution in [0.1, 0.15) is 6.92 Å². The molecule has 8 heavy (non-hydrogen) atoms. The Morgan fingerprint density at radius 2 is 2.00 bits per heavy atom. The molecule has 0 spiro atoms. The molecular formula is C2H6KO4S. The molecule has 0 aliphatic carbocycles. The molecule has 0 fully saturated rings. The predicted molar refractivity (Wildman–Crippen MR) is 28.9 cm³/mol. The van der Waals surface area contributed by atoms with Crippen LogP contribution in [-0.2, 0) is 14.6 Å². The average Bonchev–Trinajstić information content (AvgIpc) is 1.30. The molecule has 6 heteroatoms.